The summed E-state index contributed by atoms with van der Waals surface area (Å²) >= 11 is 0. The Balaban J connectivity index is 1.82. The number of rotatable bonds is 6. The van der Waals surface area contributed by atoms with Gasteiger partial charge in [0.25, 0.3) is 0 Å². The van der Waals surface area contributed by atoms with Gasteiger partial charge in [0, 0.05) is 31.1 Å². The summed E-state index contributed by atoms with van der Waals surface area (Å²) in [6.45, 7) is 1.10. The number of aromatic amines is 1. The Hall–Kier alpha value is -0.870. The van der Waals surface area contributed by atoms with Gasteiger partial charge in [0.2, 0.25) is 0 Å². The molecule has 1 saturated carbocycles. The van der Waals surface area contributed by atoms with Crippen molar-refractivity contribution in [2.45, 2.75) is 51.1 Å². The van der Waals surface area contributed by atoms with Gasteiger partial charge in [0.05, 0.1) is 0 Å². The third-order valence-electron chi connectivity index (χ3n) is 3.77. The van der Waals surface area contributed by atoms with Crippen LogP contribution >= 0.6 is 0 Å². The van der Waals surface area contributed by atoms with Gasteiger partial charge >= 0.3 is 0 Å². The fraction of sp³-hybridized carbons (Fsp3) is 0.769. The molecule has 17 heavy (non-hydrogen) atoms. The molecule has 0 saturated heterocycles. The first kappa shape index (κ1) is 12.6. The van der Waals surface area contributed by atoms with E-state index < -0.39 is 0 Å². The summed E-state index contributed by atoms with van der Waals surface area (Å²) in [6, 6.07) is 2.44. The molecule has 1 fully saturated rings. The summed E-state index contributed by atoms with van der Waals surface area (Å²) in [4.78, 5) is 0. The average Bonchev–Trinajstić information content (AvgIpc) is 2.88. The van der Waals surface area contributed by atoms with Gasteiger partial charge in [-0.3, -0.25) is 5.10 Å². The van der Waals surface area contributed by atoms with Crippen LogP contribution in [-0.4, -0.2) is 28.0 Å². The van der Waals surface area contributed by atoms with Gasteiger partial charge in [-0.1, -0.05) is 19.3 Å². The summed E-state index contributed by atoms with van der Waals surface area (Å²) in [5.41, 5.74) is 1.11. The van der Waals surface area contributed by atoms with Gasteiger partial charge in [0.1, 0.15) is 0 Å². The fourth-order valence-electron chi connectivity index (χ4n) is 2.80. The third-order valence-corrected chi connectivity index (χ3v) is 3.77. The standard InChI is InChI=1S/C13H23N3O/c17-9-7-13(11-4-2-1-3-5-11)14-10-12-6-8-15-16-12/h6,8,11,13-14,17H,1-5,7,9-10H2,(H,15,16). The first-order valence-electron chi connectivity index (χ1n) is 6.72. The number of aromatic nitrogens is 2. The van der Waals surface area contributed by atoms with Crippen molar-refractivity contribution in [2.75, 3.05) is 6.61 Å². The monoisotopic (exact) mass is 237 g/mol. The van der Waals surface area contributed by atoms with E-state index in [1.165, 1.54) is 32.1 Å². The van der Waals surface area contributed by atoms with Crippen molar-refractivity contribution in [1.82, 2.24) is 15.5 Å². The minimum Gasteiger partial charge on any atom is -0.396 e. The molecule has 1 aromatic heterocycles. The van der Waals surface area contributed by atoms with Gasteiger partial charge < -0.3 is 10.4 Å². The highest BCUT2D eigenvalue weighted by Crippen LogP contribution is 2.27. The van der Waals surface area contributed by atoms with E-state index in [4.69, 9.17) is 5.11 Å². The number of aliphatic hydroxyl groups is 1. The fourth-order valence-corrected chi connectivity index (χ4v) is 2.80. The van der Waals surface area contributed by atoms with Crippen molar-refractivity contribution in [1.29, 1.82) is 0 Å². The van der Waals surface area contributed by atoms with Crippen molar-refractivity contribution in [3.63, 3.8) is 0 Å². The highest BCUT2D eigenvalue weighted by atomic mass is 16.3. The Bertz CT molecular complexity index is 294. The second kappa shape index (κ2) is 6.77. The van der Waals surface area contributed by atoms with E-state index >= 15 is 0 Å². The summed E-state index contributed by atoms with van der Waals surface area (Å²) in [6.07, 6.45) is 9.32. The molecule has 1 aliphatic carbocycles. The number of H-pyrrole nitrogens is 1. The van der Waals surface area contributed by atoms with Crippen LogP contribution in [0.3, 0.4) is 0 Å². The van der Waals surface area contributed by atoms with Crippen LogP contribution in [0.1, 0.15) is 44.2 Å². The maximum atomic E-state index is 9.16. The molecule has 1 heterocycles. The lowest BCUT2D eigenvalue weighted by Gasteiger charge is -2.30. The molecule has 1 atom stereocenters. The van der Waals surface area contributed by atoms with E-state index in [9.17, 15) is 0 Å². The molecule has 0 aromatic carbocycles. The maximum absolute atomic E-state index is 9.16. The van der Waals surface area contributed by atoms with Crippen LogP contribution in [0, 0.1) is 5.92 Å². The SMILES string of the molecule is OCCC(NCc1ccn[nH]1)C1CCCCC1. The van der Waals surface area contributed by atoms with Crippen LogP contribution in [0.15, 0.2) is 12.3 Å². The molecule has 96 valence electrons. The van der Waals surface area contributed by atoms with E-state index in [1.807, 2.05) is 6.07 Å². The molecule has 0 bridgehead atoms. The molecular formula is C13H23N3O. The first-order chi connectivity index (χ1) is 8.40. The number of hydrogen-bond acceptors (Lipinski definition) is 3. The third kappa shape index (κ3) is 3.82. The molecule has 0 amide bonds. The Morgan fingerprint density at radius 1 is 1.41 bits per heavy atom. The zero-order valence-corrected chi connectivity index (χ0v) is 10.4. The number of hydrogen-bond donors (Lipinski definition) is 3. The first-order valence-corrected chi connectivity index (χ1v) is 6.72. The molecule has 4 nitrogen and oxygen atoms in total. The average molecular weight is 237 g/mol. The highest BCUT2D eigenvalue weighted by molar-refractivity contribution is 4.97. The Morgan fingerprint density at radius 3 is 2.88 bits per heavy atom. The summed E-state index contributed by atoms with van der Waals surface area (Å²) < 4.78 is 0. The zero-order chi connectivity index (χ0) is 11.9. The van der Waals surface area contributed by atoms with Crippen molar-refractivity contribution in [2.24, 2.45) is 5.92 Å². The largest absolute Gasteiger partial charge is 0.396 e. The van der Waals surface area contributed by atoms with Gasteiger partial charge in [0.15, 0.2) is 0 Å². The van der Waals surface area contributed by atoms with Crippen molar-refractivity contribution < 1.29 is 5.11 Å². The van der Waals surface area contributed by atoms with Crippen molar-refractivity contribution in [3.05, 3.63) is 18.0 Å². The maximum Gasteiger partial charge on any atom is 0.0490 e. The number of nitrogens with zero attached hydrogens (tertiary/aromatic N) is 1. The van der Waals surface area contributed by atoms with Crippen LogP contribution in [0.25, 0.3) is 0 Å². The van der Waals surface area contributed by atoms with E-state index in [0.717, 1.165) is 24.6 Å². The molecule has 0 radical (unpaired) electrons. The number of aliphatic hydroxyl groups excluding tert-OH is 1. The van der Waals surface area contributed by atoms with Gasteiger partial charge in [-0.2, -0.15) is 5.10 Å². The van der Waals surface area contributed by atoms with Crippen molar-refractivity contribution in [3.8, 4) is 0 Å². The molecular weight excluding hydrogens is 214 g/mol. The summed E-state index contributed by atoms with van der Waals surface area (Å²) in [7, 11) is 0. The predicted octanol–water partition coefficient (Wildman–Crippen LogP) is 1.83. The van der Waals surface area contributed by atoms with Crippen LogP contribution in [0.5, 0.6) is 0 Å². The van der Waals surface area contributed by atoms with Crippen LogP contribution in [0.4, 0.5) is 0 Å². The highest BCUT2D eigenvalue weighted by Gasteiger charge is 2.22. The quantitative estimate of drug-likeness (QED) is 0.707. The predicted molar refractivity (Wildman–Crippen MR) is 67.5 cm³/mol. The molecule has 2 rings (SSSR count). The molecule has 1 aliphatic rings. The van der Waals surface area contributed by atoms with Crippen molar-refractivity contribution >= 4 is 0 Å². The molecule has 0 aliphatic heterocycles. The van der Waals surface area contributed by atoms with E-state index in [1.54, 1.807) is 6.20 Å². The lowest BCUT2D eigenvalue weighted by molar-refractivity contribution is 0.205. The summed E-state index contributed by atoms with van der Waals surface area (Å²) in [5.74, 6) is 0.735. The topological polar surface area (TPSA) is 60.9 Å². The Kier molecular flexibility index (Phi) is 5.01. The van der Waals surface area contributed by atoms with Crippen LogP contribution < -0.4 is 5.32 Å². The Morgan fingerprint density at radius 2 is 2.24 bits per heavy atom. The second-order valence-electron chi connectivity index (χ2n) is 4.98. The Labute approximate surface area is 103 Å². The second-order valence-corrected chi connectivity index (χ2v) is 4.98. The van der Waals surface area contributed by atoms with Crippen LogP contribution in [0.2, 0.25) is 0 Å². The van der Waals surface area contributed by atoms with Crippen LogP contribution in [-0.2, 0) is 6.54 Å². The lowest BCUT2D eigenvalue weighted by atomic mass is 9.82. The normalized spacial score (nSPS) is 19.4. The summed E-state index contributed by atoms with van der Waals surface area (Å²) in [5, 5.41) is 19.6. The molecule has 3 N–H and O–H groups in total. The lowest BCUT2D eigenvalue weighted by Crippen LogP contribution is -2.37. The molecule has 1 aromatic rings. The minimum absolute atomic E-state index is 0.275. The molecule has 1 unspecified atom stereocenters. The number of nitrogens with one attached hydrogen (secondary N) is 2. The van der Waals surface area contributed by atoms with E-state index in [2.05, 4.69) is 15.5 Å². The van der Waals surface area contributed by atoms with Gasteiger partial charge in [-0.15, -0.1) is 0 Å². The molecule has 0 spiro atoms. The van der Waals surface area contributed by atoms with Gasteiger partial charge in [-0.05, 0) is 31.2 Å². The zero-order valence-electron chi connectivity index (χ0n) is 10.4. The molecule has 4 heteroatoms. The van der Waals surface area contributed by atoms with Gasteiger partial charge in [-0.25, -0.2) is 0 Å². The van der Waals surface area contributed by atoms with E-state index in [0.29, 0.717) is 6.04 Å². The minimum atomic E-state index is 0.275. The smallest absolute Gasteiger partial charge is 0.0490 e. The van der Waals surface area contributed by atoms with E-state index in [-0.39, 0.29) is 6.61 Å².